The van der Waals surface area contributed by atoms with E-state index >= 15 is 0 Å². The van der Waals surface area contributed by atoms with Crippen molar-refractivity contribution in [3.05, 3.63) is 29.3 Å². The normalized spacial score (nSPS) is 15.3. The van der Waals surface area contributed by atoms with Crippen molar-refractivity contribution in [2.75, 3.05) is 12.4 Å². The zero-order valence-corrected chi connectivity index (χ0v) is 13.2. The molecule has 2 rings (SSSR count). The highest BCUT2D eigenvalue weighted by atomic mass is 19.1. The Labute approximate surface area is 134 Å². The average molecular weight is 325 g/mol. The van der Waals surface area contributed by atoms with Gasteiger partial charge in [0.1, 0.15) is 11.6 Å². The molecule has 0 heterocycles. The Morgan fingerprint density at radius 2 is 1.87 bits per heavy atom. The molecule has 1 aromatic carbocycles. The summed E-state index contributed by atoms with van der Waals surface area (Å²) in [6, 6.07) is 1.54. The van der Waals surface area contributed by atoms with E-state index < -0.39 is 23.2 Å². The molecule has 0 bridgehead atoms. The van der Waals surface area contributed by atoms with Crippen LogP contribution in [0.15, 0.2) is 12.1 Å². The third-order valence-corrected chi connectivity index (χ3v) is 4.24. The Morgan fingerprint density at radius 3 is 2.52 bits per heavy atom. The first-order valence-electron chi connectivity index (χ1n) is 7.88. The van der Waals surface area contributed by atoms with Gasteiger partial charge in [0.15, 0.2) is 0 Å². The quantitative estimate of drug-likeness (QED) is 0.831. The lowest BCUT2D eigenvalue weighted by Gasteiger charge is -2.21. The maximum atomic E-state index is 13.7. The number of esters is 1. The van der Waals surface area contributed by atoms with Gasteiger partial charge in [0, 0.05) is 12.5 Å². The van der Waals surface area contributed by atoms with Crippen LogP contribution in [0.1, 0.15) is 55.3 Å². The fourth-order valence-corrected chi connectivity index (χ4v) is 2.93. The van der Waals surface area contributed by atoms with E-state index in [1.165, 1.54) is 19.3 Å². The summed E-state index contributed by atoms with van der Waals surface area (Å²) in [6.07, 6.45) is 6.95. The first-order chi connectivity index (χ1) is 11.0. The van der Waals surface area contributed by atoms with E-state index in [9.17, 15) is 18.4 Å². The minimum atomic E-state index is -1.02. The van der Waals surface area contributed by atoms with E-state index in [0.29, 0.717) is 12.0 Å². The second-order valence-corrected chi connectivity index (χ2v) is 5.89. The number of anilines is 1. The standard InChI is InChI=1S/C17H21F2NO3/c1-23-17(22)12-9-15(14(19)10-13(12)18)20-16(21)8-7-11-5-3-2-4-6-11/h9-11H,2-8H2,1H3,(H,20,21). The van der Waals surface area contributed by atoms with Crippen LogP contribution in [0.5, 0.6) is 0 Å². The third kappa shape index (κ3) is 4.74. The number of hydrogen-bond acceptors (Lipinski definition) is 3. The molecule has 1 aromatic rings. The summed E-state index contributed by atoms with van der Waals surface area (Å²) in [6.45, 7) is 0. The molecule has 1 N–H and O–H groups in total. The highest BCUT2D eigenvalue weighted by Gasteiger charge is 2.19. The zero-order valence-electron chi connectivity index (χ0n) is 13.2. The Balaban J connectivity index is 1.98. The number of carbonyl (C=O) groups excluding carboxylic acids is 2. The summed E-state index contributed by atoms with van der Waals surface area (Å²) in [5.74, 6) is -2.65. The number of carbonyl (C=O) groups is 2. The maximum absolute atomic E-state index is 13.7. The lowest BCUT2D eigenvalue weighted by Crippen LogP contribution is -2.16. The van der Waals surface area contributed by atoms with Gasteiger partial charge in [-0.25, -0.2) is 13.6 Å². The molecule has 1 saturated carbocycles. The molecule has 0 radical (unpaired) electrons. The van der Waals surface area contributed by atoms with Gasteiger partial charge < -0.3 is 10.1 Å². The van der Waals surface area contributed by atoms with Crippen molar-refractivity contribution in [2.24, 2.45) is 5.92 Å². The summed E-state index contributed by atoms with van der Waals surface area (Å²) in [7, 11) is 1.10. The molecule has 6 heteroatoms. The van der Waals surface area contributed by atoms with Gasteiger partial charge in [-0.05, 0) is 18.4 Å². The molecule has 0 aliphatic heterocycles. The van der Waals surface area contributed by atoms with Crippen molar-refractivity contribution in [1.29, 1.82) is 0 Å². The van der Waals surface area contributed by atoms with Crippen molar-refractivity contribution in [3.63, 3.8) is 0 Å². The Morgan fingerprint density at radius 1 is 1.17 bits per heavy atom. The second-order valence-electron chi connectivity index (χ2n) is 5.89. The number of benzene rings is 1. The molecule has 4 nitrogen and oxygen atoms in total. The lowest BCUT2D eigenvalue weighted by molar-refractivity contribution is -0.116. The molecule has 23 heavy (non-hydrogen) atoms. The van der Waals surface area contributed by atoms with Gasteiger partial charge in [-0.15, -0.1) is 0 Å². The maximum Gasteiger partial charge on any atom is 0.340 e. The first-order valence-corrected chi connectivity index (χ1v) is 7.88. The molecular weight excluding hydrogens is 304 g/mol. The average Bonchev–Trinajstić information content (AvgIpc) is 2.55. The van der Waals surface area contributed by atoms with Crippen molar-refractivity contribution >= 4 is 17.6 Å². The number of methoxy groups -OCH3 is 1. The van der Waals surface area contributed by atoms with Crippen LogP contribution in [0.25, 0.3) is 0 Å². The van der Waals surface area contributed by atoms with Gasteiger partial charge in [0.2, 0.25) is 5.91 Å². The summed E-state index contributed by atoms with van der Waals surface area (Å²) < 4.78 is 31.7. The number of amides is 1. The van der Waals surface area contributed by atoms with E-state index in [-0.39, 0.29) is 18.0 Å². The van der Waals surface area contributed by atoms with Crippen LogP contribution >= 0.6 is 0 Å². The Hall–Kier alpha value is -1.98. The molecule has 126 valence electrons. The van der Waals surface area contributed by atoms with Crippen molar-refractivity contribution in [3.8, 4) is 0 Å². The van der Waals surface area contributed by atoms with Crippen LogP contribution in [0.4, 0.5) is 14.5 Å². The minimum absolute atomic E-state index is 0.208. The van der Waals surface area contributed by atoms with Crippen molar-refractivity contribution in [1.82, 2.24) is 0 Å². The number of ether oxygens (including phenoxy) is 1. The molecule has 1 aliphatic rings. The number of nitrogens with one attached hydrogen (secondary N) is 1. The Bertz CT molecular complexity index is 583. The van der Waals surface area contributed by atoms with Crippen molar-refractivity contribution in [2.45, 2.75) is 44.9 Å². The summed E-state index contributed by atoms with van der Waals surface area (Å²) in [4.78, 5) is 23.4. The van der Waals surface area contributed by atoms with E-state index in [1.54, 1.807) is 0 Å². The van der Waals surface area contributed by atoms with Crippen molar-refractivity contribution < 1.29 is 23.1 Å². The minimum Gasteiger partial charge on any atom is -0.465 e. The number of hydrogen-bond donors (Lipinski definition) is 1. The third-order valence-electron chi connectivity index (χ3n) is 4.24. The zero-order chi connectivity index (χ0) is 16.8. The fraction of sp³-hybridized carbons (Fsp3) is 0.529. The van der Waals surface area contributed by atoms with E-state index in [4.69, 9.17) is 0 Å². The van der Waals surface area contributed by atoms with Gasteiger partial charge >= 0.3 is 5.97 Å². The molecule has 1 amide bonds. The smallest absolute Gasteiger partial charge is 0.340 e. The molecule has 0 atom stereocenters. The monoisotopic (exact) mass is 325 g/mol. The van der Waals surface area contributed by atoms with Crippen LogP contribution in [0.3, 0.4) is 0 Å². The van der Waals surface area contributed by atoms with Gasteiger partial charge in [0.25, 0.3) is 0 Å². The van der Waals surface area contributed by atoms with Crippen LogP contribution in [0.2, 0.25) is 0 Å². The van der Waals surface area contributed by atoms with Gasteiger partial charge in [-0.2, -0.15) is 0 Å². The van der Waals surface area contributed by atoms with Crippen LogP contribution in [-0.4, -0.2) is 19.0 Å². The van der Waals surface area contributed by atoms with E-state index in [0.717, 1.165) is 32.4 Å². The van der Waals surface area contributed by atoms with E-state index in [1.807, 2.05) is 0 Å². The van der Waals surface area contributed by atoms with Gasteiger partial charge in [-0.3, -0.25) is 4.79 Å². The van der Waals surface area contributed by atoms with Gasteiger partial charge in [-0.1, -0.05) is 32.1 Å². The molecule has 1 aliphatic carbocycles. The first kappa shape index (κ1) is 17.4. The lowest BCUT2D eigenvalue weighted by atomic mass is 9.86. The molecule has 0 aromatic heterocycles. The molecule has 0 unspecified atom stereocenters. The predicted molar refractivity (Wildman–Crippen MR) is 82.1 cm³/mol. The molecule has 1 fully saturated rings. The summed E-state index contributed by atoms with van der Waals surface area (Å²) in [5.41, 5.74) is -0.614. The summed E-state index contributed by atoms with van der Waals surface area (Å²) in [5, 5.41) is 2.41. The highest BCUT2D eigenvalue weighted by Crippen LogP contribution is 2.27. The molecular formula is C17H21F2NO3. The Kier molecular flexibility index (Phi) is 6.07. The topological polar surface area (TPSA) is 55.4 Å². The second kappa shape index (κ2) is 8.04. The molecule has 0 saturated heterocycles. The number of rotatable bonds is 5. The van der Waals surface area contributed by atoms with Crippen LogP contribution in [0, 0.1) is 17.6 Å². The summed E-state index contributed by atoms with van der Waals surface area (Å²) >= 11 is 0. The number of halogens is 2. The predicted octanol–water partition coefficient (Wildman–Crippen LogP) is 4.05. The SMILES string of the molecule is COC(=O)c1cc(NC(=O)CCC2CCCCC2)c(F)cc1F. The van der Waals surface area contributed by atoms with Gasteiger partial charge in [0.05, 0.1) is 18.4 Å². The van der Waals surface area contributed by atoms with E-state index in [2.05, 4.69) is 10.1 Å². The van der Waals surface area contributed by atoms with Crippen LogP contribution < -0.4 is 5.32 Å². The fourth-order valence-electron chi connectivity index (χ4n) is 2.93. The largest absolute Gasteiger partial charge is 0.465 e. The highest BCUT2D eigenvalue weighted by molar-refractivity contribution is 5.94. The molecule has 0 spiro atoms. The van der Waals surface area contributed by atoms with Crippen LogP contribution in [-0.2, 0) is 9.53 Å².